The second kappa shape index (κ2) is 5.17. The molecule has 20 heavy (non-hydrogen) atoms. The minimum absolute atomic E-state index is 0.399. The maximum absolute atomic E-state index is 6.69. The van der Waals surface area contributed by atoms with Crippen LogP contribution in [-0.2, 0) is 12.0 Å². The Kier molecular flexibility index (Phi) is 3.36. The monoisotopic (exact) mass is 269 g/mol. The second-order valence-corrected chi connectivity index (χ2v) is 5.24. The van der Waals surface area contributed by atoms with Gasteiger partial charge in [-0.05, 0) is 24.1 Å². The summed E-state index contributed by atoms with van der Waals surface area (Å²) in [7, 11) is 1.69. The molecule has 0 fully saturated rings. The molecule has 0 amide bonds. The van der Waals surface area contributed by atoms with Crippen LogP contribution in [0.3, 0.4) is 0 Å². The molecular weight excluding hydrogens is 250 g/mol. The van der Waals surface area contributed by atoms with Gasteiger partial charge in [-0.15, -0.1) is 0 Å². The Balaban J connectivity index is 1.98. The van der Waals surface area contributed by atoms with E-state index in [1.807, 2.05) is 36.4 Å². The molecule has 3 heteroatoms. The summed E-state index contributed by atoms with van der Waals surface area (Å²) in [5, 5.41) is 0. The minimum Gasteiger partial charge on any atom is -0.496 e. The van der Waals surface area contributed by atoms with Crippen molar-refractivity contribution in [1.29, 1.82) is 0 Å². The zero-order valence-electron chi connectivity index (χ0n) is 11.6. The molecule has 3 rings (SSSR count). The van der Waals surface area contributed by atoms with Crippen LogP contribution >= 0.6 is 0 Å². The van der Waals surface area contributed by atoms with Crippen LogP contribution in [0.5, 0.6) is 11.5 Å². The molecule has 1 heterocycles. The number of hydrogen-bond acceptors (Lipinski definition) is 3. The van der Waals surface area contributed by atoms with Crippen LogP contribution in [-0.4, -0.2) is 13.7 Å². The zero-order chi connectivity index (χ0) is 14.0. The fraction of sp³-hybridized carbons (Fsp3) is 0.294. The Bertz CT molecular complexity index is 611. The van der Waals surface area contributed by atoms with E-state index in [0.29, 0.717) is 6.61 Å². The van der Waals surface area contributed by atoms with Crippen molar-refractivity contribution in [3.05, 3.63) is 59.7 Å². The first-order valence-corrected chi connectivity index (χ1v) is 6.86. The van der Waals surface area contributed by atoms with Crippen LogP contribution in [0.2, 0.25) is 0 Å². The van der Waals surface area contributed by atoms with Crippen LogP contribution in [0.4, 0.5) is 0 Å². The van der Waals surface area contributed by atoms with Crippen LogP contribution in [0.1, 0.15) is 17.5 Å². The smallest absolute Gasteiger partial charge is 0.124 e. The summed E-state index contributed by atoms with van der Waals surface area (Å²) < 4.78 is 11.1. The van der Waals surface area contributed by atoms with Gasteiger partial charge in [0.1, 0.15) is 11.5 Å². The lowest BCUT2D eigenvalue weighted by Crippen LogP contribution is -2.43. The lowest BCUT2D eigenvalue weighted by atomic mass is 9.80. The van der Waals surface area contributed by atoms with Crippen LogP contribution in [0.15, 0.2) is 48.5 Å². The van der Waals surface area contributed by atoms with Crippen LogP contribution in [0.25, 0.3) is 0 Å². The molecule has 1 unspecified atom stereocenters. The lowest BCUT2D eigenvalue weighted by molar-refractivity contribution is 0.214. The largest absolute Gasteiger partial charge is 0.496 e. The molecule has 0 aromatic heterocycles. The van der Waals surface area contributed by atoms with Crippen molar-refractivity contribution in [1.82, 2.24) is 0 Å². The fourth-order valence-corrected chi connectivity index (χ4v) is 2.85. The van der Waals surface area contributed by atoms with Gasteiger partial charge in [0.25, 0.3) is 0 Å². The topological polar surface area (TPSA) is 44.5 Å². The summed E-state index contributed by atoms with van der Waals surface area (Å²) in [6, 6.07) is 16.1. The lowest BCUT2D eigenvalue weighted by Gasteiger charge is -2.36. The van der Waals surface area contributed by atoms with Crippen molar-refractivity contribution in [2.75, 3.05) is 13.7 Å². The zero-order valence-corrected chi connectivity index (χ0v) is 11.6. The molecule has 2 aromatic rings. The Morgan fingerprint density at radius 1 is 1.15 bits per heavy atom. The molecule has 0 radical (unpaired) electrons. The van der Waals surface area contributed by atoms with E-state index in [-0.39, 0.29) is 0 Å². The maximum Gasteiger partial charge on any atom is 0.124 e. The summed E-state index contributed by atoms with van der Waals surface area (Å²) >= 11 is 0. The highest BCUT2D eigenvalue weighted by Crippen LogP contribution is 2.38. The summed E-state index contributed by atoms with van der Waals surface area (Å²) in [5.74, 6) is 1.79. The van der Waals surface area contributed by atoms with Crippen LogP contribution < -0.4 is 15.2 Å². The van der Waals surface area contributed by atoms with Gasteiger partial charge in [-0.3, -0.25) is 0 Å². The van der Waals surface area contributed by atoms with Gasteiger partial charge < -0.3 is 15.2 Å². The molecule has 2 aromatic carbocycles. The van der Waals surface area contributed by atoms with Gasteiger partial charge in [-0.25, -0.2) is 0 Å². The van der Waals surface area contributed by atoms with Crippen molar-refractivity contribution in [3.63, 3.8) is 0 Å². The second-order valence-electron chi connectivity index (χ2n) is 5.24. The quantitative estimate of drug-likeness (QED) is 0.931. The van der Waals surface area contributed by atoms with Gasteiger partial charge in [0.2, 0.25) is 0 Å². The van der Waals surface area contributed by atoms with Gasteiger partial charge >= 0.3 is 0 Å². The number of methoxy groups -OCH3 is 1. The average Bonchev–Trinajstić information content (AvgIpc) is 2.48. The molecule has 0 aliphatic carbocycles. The number of ether oxygens (including phenoxy) is 2. The van der Waals surface area contributed by atoms with Crippen molar-refractivity contribution >= 4 is 0 Å². The first kappa shape index (κ1) is 13.0. The third-order valence-electron chi connectivity index (χ3n) is 3.93. The van der Waals surface area contributed by atoms with Gasteiger partial charge in [-0.2, -0.15) is 0 Å². The highest BCUT2D eigenvalue weighted by molar-refractivity contribution is 5.43. The predicted octanol–water partition coefficient (Wildman–Crippen LogP) is 2.87. The molecule has 2 N–H and O–H groups in total. The first-order valence-electron chi connectivity index (χ1n) is 6.86. The molecule has 1 aliphatic rings. The van der Waals surface area contributed by atoms with E-state index >= 15 is 0 Å². The number of nitrogens with two attached hydrogens (primary N) is 1. The van der Waals surface area contributed by atoms with E-state index in [2.05, 4.69) is 12.1 Å². The fourth-order valence-electron chi connectivity index (χ4n) is 2.85. The number of hydrogen-bond donors (Lipinski definition) is 1. The van der Waals surface area contributed by atoms with Crippen molar-refractivity contribution in [2.45, 2.75) is 18.4 Å². The third-order valence-corrected chi connectivity index (χ3v) is 3.93. The van der Waals surface area contributed by atoms with E-state index < -0.39 is 5.54 Å². The Hall–Kier alpha value is -2.00. The van der Waals surface area contributed by atoms with E-state index in [9.17, 15) is 0 Å². The number of fused-ring (bicyclic) bond motifs is 1. The average molecular weight is 269 g/mol. The molecular formula is C17H19NO2. The Labute approximate surface area is 119 Å². The highest BCUT2D eigenvalue weighted by atomic mass is 16.5. The highest BCUT2D eigenvalue weighted by Gasteiger charge is 2.34. The summed E-state index contributed by atoms with van der Waals surface area (Å²) in [6.45, 7) is 0.655. The maximum atomic E-state index is 6.69. The van der Waals surface area contributed by atoms with Crippen molar-refractivity contribution < 1.29 is 9.47 Å². The molecule has 0 spiro atoms. The molecule has 104 valence electrons. The standard InChI is InChI=1S/C17H19NO2/c1-19-15-8-4-2-6-13(15)12-17(18)10-11-20-16-9-5-3-7-14(16)17/h2-9H,10-12,18H2,1H3. The van der Waals surface area contributed by atoms with E-state index in [1.165, 1.54) is 0 Å². The van der Waals surface area contributed by atoms with Gasteiger partial charge in [0, 0.05) is 12.0 Å². The summed E-state index contributed by atoms with van der Waals surface area (Å²) in [6.07, 6.45) is 1.56. The molecule has 0 saturated heterocycles. The van der Waals surface area contributed by atoms with Gasteiger partial charge in [0.05, 0.1) is 19.3 Å². The summed E-state index contributed by atoms with van der Waals surface area (Å²) in [5.41, 5.74) is 8.51. The minimum atomic E-state index is -0.399. The summed E-state index contributed by atoms with van der Waals surface area (Å²) in [4.78, 5) is 0. The molecule has 0 bridgehead atoms. The Morgan fingerprint density at radius 2 is 1.90 bits per heavy atom. The molecule has 3 nitrogen and oxygen atoms in total. The van der Waals surface area contributed by atoms with Crippen LogP contribution in [0, 0.1) is 0 Å². The van der Waals surface area contributed by atoms with Crippen molar-refractivity contribution in [2.24, 2.45) is 5.73 Å². The number of rotatable bonds is 3. The first-order chi connectivity index (χ1) is 9.73. The number of para-hydroxylation sites is 2. The van der Waals surface area contributed by atoms with E-state index in [4.69, 9.17) is 15.2 Å². The predicted molar refractivity (Wildman–Crippen MR) is 79.1 cm³/mol. The number of benzene rings is 2. The van der Waals surface area contributed by atoms with E-state index in [1.54, 1.807) is 7.11 Å². The van der Waals surface area contributed by atoms with E-state index in [0.717, 1.165) is 35.5 Å². The molecule has 1 atom stereocenters. The molecule has 1 aliphatic heterocycles. The SMILES string of the molecule is COc1ccccc1CC1(N)CCOc2ccccc21. The van der Waals surface area contributed by atoms with Crippen molar-refractivity contribution in [3.8, 4) is 11.5 Å². The van der Waals surface area contributed by atoms with Gasteiger partial charge in [-0.1, -0.05) is 36.4 Å². The normalized spacial score (nSPS) is 20.9. The molecule has 0 saturated carbocycles. The third kappa shape index (κ3) is 2.25. The van der Waals surface area contributed by atoms with Gasteiger partial charge in [0.15, 0.2) is 0 Å². The Morgan fingerprint density at radius 3 is 2.75 bits per heavy atom.